The number of benzene rings is 2. The molecular formula is C21H22ClN3O4S2. The molecule has 2 heterocycles. The van der Waals surface area contributed by atoms with Gasteiger partial charge in [0.05, 0.1) is 36.5 Å². The minimum Gasteiger partial charge on any atom is -0.496 e. The first-order valence-corrected chi connectivity index (χ1v) is 12.9. The third kappa shape index (κ3) is 5.16. The highest BCUT2D eigenvalue weighted by molar-refractivity contribution is 8.14. The summed E-state index contributed by atoms with van der Waals surface area (Å²) in [5.74, 6) is 0.806. The van der Waals surface area contributed by atoms with Gasteiger partial charge in [-0.1, -0.05) is 47.6 Å². The number of nitrogens with zero attached hydrogens (tertiary/aromatic N) is 2. The first kappa shape index (κ1) is 22.0. The normalized spacial score (nSPS) is 21.5. The molecule has 1 fully saturated rings. The molecule has 0 bridgehead atoms. The molecule has 7 nitrogen and oxygen atoms in total. The molecule has 2 aliphatic heterocycles. The molecule has 1 amide bonds. The van der Waals surface area contributed by atoms with Crippen molar-refractivity contribution in [2.45, 2.75) is 18.6 Å². The van der Waals surface area contributed by atoms with Crippen molar-refractivity contribution in [3.8, 4) is 5.75 Å². The van der Waals surface area contributed by atoms with Gasteiger partial charge in [0.25, 0.3) is 0 Å². The van der Waals surface area contributed by atoms with Crippen molar-refractivity contribution in [1.82, 2.24) is 4.90 Å². The summed E-state index contributed by atoms with van der Waals surface area (Å²) in [4.78, 5) is 19.1. The molecule has 164 valence electrons. The monoisotopic (exact) mass is 479 g/mol. The van der Waals surface area contributed by atoms with Crippen LogP contribution in [-0.2, 0) is 21.2 Å². The average Bonchev–Trinajstić information content (AvgIpc) is 3.19. The molecule has 0 aromatic heterocycles. The second-order valence-electron chi connectivity index (χ2n) is 7.41. The van der Waals surface area contributed by atoms with Crippen LogP contribution in [0.2, 0.25) is 5.02 Å². The number of hydrogen-bond donors (Lipinski definition) is 1. The van der Waals surface area contributed by atoms with Crippen LogP contribution in [0.4, 0.5) is 5.69 Å². The summed E-state index contributed by atoms with van der Waals surface area (Å²) in [6, 6.07) is 14.0. The number of carbonyl (C=O) groups is 1. The van der Waals surface area contributed by atoms with Crippen LogP contribution in [-0.4, -0.2) is 60.8 Å². The number of fused-ring (bicyclic) bond motifs is 1. The van der Waals surface area contributed by atoms with Crippen molar-refractivity contribution >= 4 is 50.0 Å². The zero-order valence-electron chi connectivity index (χ0n) is 16.8. The highest BCUT2D eigenvalue weighted by atomic mass is 35.5. The number of hydrogen-bond acceptors (Lipinski definition) is 7. The minimum atomic E-state index is -3.13. The zero-order valence-corrected chi connectivity index (χ0v) is 19.2. The van der Waals surface area contributed by atoms with Crippen molar-refractivity contribution in [3.05, 3.63) is 59.1 Å². The van der Waals surface area contributed by atoms with Crippen LogP contribution < -0.4 is 10.1 Å². The Morgan fingerprint density at radius 3 is 2.84 bits per heavy atom. The molecule has 31 heavy (non-hydrogen) atoms. The van der Waals surface area contributed by atoms with Gasteiger partial charge in [0, 0.05) is 22.8 Å². The maximum Gasteiger partial charge on any atom is 0.234 e. The topological polar surface area (TPSA) is 88.1 Å². The van der Waals surface area contributed by atoms with E-state index in [1.54, 1.807) is 31.4 Å². The number of amidine groups is 1. The highest BCUT2D eigenvalue weighted by Crippen LogP contribution is 2.33. The van der Waals surface area contributed by atoms with E-state index in [1.165, 1.54) is 11.8 Å². The fourth-order valence-electron chi connectivity index (χ4n) is 3.80. The first-order chi connectivity index (χ1) is 14.8. The molecule has 1 saturated heterocycles. The first-order valence-electron chi connectivity index (χ1n) is 9.69. The van der Waals surface area contributed by atoms with E-state index >= 15 is 0 Å². The highest BCUT2D eigenvalue weighted by Gasteiger charge is 2.46. The number of amides is 1. The molecule has 4 rings (SSSR count). The number of carbonyl (C=O) groups excluding carboxylic acids is 1. The predicted octanol–water partition coefficient (Wildman–Crippen LogP) is 3.06. The van der Waals surface area contributed by atoms with E-state index < -0.39 is 9.84 Å². The van der Waals surface area contributed by atoms with Crippen LogP contribution in [0.5, 0.6) is 5.75 Å². The summed E-state index contributed by atoms with van der Waals surface area (Å²) in [6.45, 7) is 0.461. The largest absolute Gasteiger partial charge is 0.496 e. The van der Waals surface area contributed by atoms with Gasteiger partial charge in [0.2, 0.25) is 5.91 Å². The number of methoxy groups -OCH3 is 1. The molecule has 0 saturated carbocycles. The number of rotatable bonds is 6. The van der Waals surface area contributed by atoms with Crippen molar-refractivity contribution < 1.29 is 17.9 Å². The van der Waals surface area contributed by atoms with E-state index in [1.807, 2.05) is 29.2 Å². The van der Waals surface area contributed by atoms with E-state index in [0.29, 0.717) is 22.4 Å². The van der Waals surface area contributed by atoms with Crippen LogP contribution >= 0.6 is 23.4 Å². The molecule has 2 aromatic rings. The molecule has 0 aliphatic carbocycles. The Labute approximate surface area is 190 Å². The molecule has 2 atom stereocenters. The second kappa shape index (κ2) is 9.10. The number of para-hydroxylation sites is 1. The van der Waals surface area contributed by atoms with Gasteiger partial charge < -0.3 is 15.0 Å². The maximum absolute atomic E-state index is 12.4. The van der Waals surface area contributed by atoms with Crippen LogP contribution in [0.3, 0.4) is 0 Å². The lowest BCUT2D eigenvalue weighted by Gasteiger charge is -2.27. The lowest BCUT2D eigenvalue weighted by Crippen LogP contribution is -2.38. The maximum atomic E-state index is 12.4. The van der Waals surface area contributed by atoms with Crippen molar-refractivity contribution in [3.63, 3.8) is 0 Å². The van der Waals surface area contributed by atoms with E-state index in [2.05, 4.69) is 10.3 Å². The Kier molecular flexibility index (Phi) is 6.45. The van der Waals surface area contributed by atoms with Crippen LogP contribution in [0.25, 0.3) is 0 Å². The number of thioether (sulfide) groups is 1. The van der Waals surface area contributed by atoms with E-state index in [-0.39, 0.29) is 35.2 Å². The Balaban J connectivity index is 1.48. The van der Waals surface area contributed by atoms with Crippen LogP contribution in [0.1, 0.15) is 5.56 Å². The molecular weight excluding hydrogens is 458 g/mol. The summed E-state index contributed by atoms with van der Waals surface area (Å²) >= 11 is 7.27. The predicted molar refractivity (Wildman–Crippen MR) is 125 cm³/mol. The van der Waals surface area contributed by atoms with Gasteiger partial charge in [0.15, 0.2) is 15.0 Å². The number of aliphatic imine (C=N–C) groups is 1. The summed E-state index contributed by atoms with van der Waals surface area (Å²) in [6.07, 6.45) is 0. The SMILES string of the molecule is COc1ccccc1CN1C(SCC(=O)Nc2cccc(Cl)c2)=NC2CS(=O)(=O)CC21. The Hall–Kier alpha value is -2.23. The minimum absolute atomic E-state index is 0.0405. The number of nitrogens with one attached hydrogen (secondary N) is 1. The fourth-order valence-corrected chi connectivity index (χ4v) is 6.78. The lowest BCUT2D eigenvalue weighted by molar-refractivity contribution is -0.113. The van der Waals surface area contributed by atoms with Gasteiger partial charge in [-0.3, -0.25) is 9.79 Å². The number of ether oxygens (including phenoxy) is 1. The average molecular weight is 480 g/mol. The summed E-state index contributed by atoms with van der Waals surface area (Å²) in [5.41, 5.74) is 1.56. The zero-order chi connectivity index (χ0) is 22.0. The Morgan fingerprint density at radius 1 is 1.26 bits per heavy atom. The molecule has 2 aliphatic rings. The van der Waals surface area contributed by atoms with Gasteiger partial charge >= 0.3 is 0 Å². The second-order valence-corrected chi connectivity index (χ2v) is 10.9. The van der Waals surface area contributed by atoms with Crippen LogP contribution in [0, 0.1) is 0 Å². The van der Waals surface area contributed by atoms with Gasteiger partial charge in [0.1, 0.15) is 5.75 Å². The van der Waals surface area contributed by atoms with Crippen LogP contribution in [0.15, 0.2) is 53.5 Å². The third-order valence-corrected chi connectivity index (χ3v) is 8.13. The Bertz CT molecular complexity index is 1120. The van der Waals surface area contributed by atoms with E-state index in [9.17, 15) is 13.2 Å². The van der Waals surface area contributed by atoms with Gasteiger partial charge in [-0.2, -0.15) is 0 Å². The molecule has 10 heteroatoms. The van der Waals surface area contributed by atoms with Gasteiger partial charge in [-0.25, -0.2) is 8.42 Å². The van der Waals surface area contributed by atoms with E-state index in [0.717, 1.165) is 11.3 Å². The smallest absolute Gasteiger partial charge is 0.234 e. The van der Waals surface area contributed by atoms with Gasteiger partial charge in [-0.05, 0) is 24.3 Å². The van der Waals surface area contributed by atoms with Crippen molar-refractivity contribution in [2.24, 2.45) is 4.99 Å². The number of sulfone groups is 1. The third-order valence-electron chi connectivity index (χ3n) is 5.19. The molecule has 1 N–H and O–H groups in total. The lowest BCUT2D eigenvalue weighted by atomic mass is 10.1. The summed E-state index contributed by atoms with van der Waals surface area (Å²) in [5, 5.41) is 4.04. The molecule has 0 spiro atoms. The number of halogens is 1. The number of anilines is 1. The van der Waals surface area contributed by atoms with Crippen molar-refractivity contribution in [1.29, 1.82) is 0 Å². The van der Waals surface area contributed by atoms with Crippen molar-refractivity contribution in [2.75, 3.05) is 29.7 Å². The standard InChI is InChI=1S/C21H22ClN3O4S2/c1-29-19-8-3-2-5-14(19)10-25-18-13-31(27,28)12-17(18)24-21(25)30-11-20(26)23-16-7-4-6-15(22)9-16/h2-9,17-18H,10-13H2,1H3,(H,23,26). The summed E-state index contributed by atoms with van der Waals surface area (Å²) in [7, 11) is -1.52. The fraction of sp³-hybridized carbons (Fsp3) is 0.333. The summed E-state index contributed by atoms with van der Waals surface area (Å²) < 4.78 is 29.8. The molecule has 2 aromatic carbocycles. The quantitative estimate of drug-likeness (QED) is 0.685. The molecule has 2 unspecified atom stereocenters. The molecule has 0 radical (unpaired) electrons. The Morgan fingerprint density at radius 2 is 2.06 bits per heavy atom. The van der Waals surface area contributed by atoms with Gasteiger partial charge in [-0.15, -0.1) is 0 Å². The van der Waals surface area contributed by atoms with E-state index in [4.69, 9.17) is 16.3 Å².